The van der Waals surface area contributed by atoms with E-state index in [0.717, 1.165) is 0 Å². The minimum absolute atomic E-state index is 0.254. The van der Waals surface area contributed by atoms with Crippen molar-refractivity contribution in [3.05, 3.63) is 29.3 Å². The van der Waals surface area contributed by atoms with E-state index >= 15 is 0 Å². The number of rotatable bonds is 3. The molecule has 0 saturated heterocycles. The number of anilines is 1. The van der Waals surface area contributed by atoms with Crippen molar-refractivity contribution in [3.8, 4) is 0 Å². The van der Waals surface area contributed by atoms with E-state index in [1.54, 1.807) is 25.1 Å². The third-order valence-electron chi connectivity index (χ3n) is 2.69. The normalized spacial score (nSPS) is 19.0. The van der Waals surface area contributed by atoms with Crippen LogP contribution in [0.4, 0.5) is 5.69 Å². The van der Waals surface area contributed by atoms with Crippen LogP contribution in [0.15, 0.2) is 18.2 Å². The lowest BCUT2D eigenvalue weighted by atomic mass is 10.0. The lowest BCUT2D eigenvalue weighted by Gasteiger charge is -2.10. The lowest BCUT2D eigenvalue weighted by Crippen LogP contribution is -2.17. The van der Waals surface area contributed by atoms with E-state index in [4.69, 9.17) is 4.74 Å². The minimum Gasteiger partial charge on any atom is -0.462 e. The molecule has 0 bridgehead atoms. The zero-order chi connectivity index (χ0) is 13.3. The van der Waals surface area contributed by atoms with E-state index in [-0.39, 0.29) is 12.5 Å². The molecule has 1 amide bonds. The third kappa shape index (κ3) is 2.03. The van der Waals surface area contributed by atoms with Crippen LogP contribution in [-0.4, -0.2) is 28.9 Å². The van der Waals surface area contributed by atoms with Crippen LogP contribution in [-0.2, 0) is 20.3 Å². The number of amides is 1. The first-order valence-corrected chi connectivity index (χ1v) is 7.11. The molecule has 0 spiro atoms. The number of esters is 1. The summed E-state index contributed by atoms with van der Waals surface area (Å²) in [7, 11) is -1.38. The maximum absolute atomic E-state index is 11.8. The Morgan fingerprint density at radius 2 is 2.22 bits per heavy atom. The van der Waals surface area contributed by atoms with Gasteiger partial charge in [-0.1, -0.05) is 6.07 Å². The van der Waals surface area contributed by atoms with Crippen LogP contribution in [0.25, 0.3) is 0 Å². The topological polar surface area (TPSA) is 72.5 Å². The molecule has 1 aromatic rings. The molecule has 0 fully saturated rings. The van der Waals surface area contributed by atoms with E-state index < -0.39 is 22.0 Å². The van der Waals surface area contributed by atoms with E-state index in [0.29, 0.717) is 16.8 Å². The first kappa shape index (κ1) is 12.8. The van der Waals surface area contributed by atoms with Crippen LogP contribution >= 0.6 is 0 Å². The fourth-order valence-electron chi connectivity index (χ4n) is 1.99. The number of hydrogen-bond donors (Lipinski definition) is 1. The Bertz CT molecular complexity index is 541. The second-order valence-corrected chi connectivity index (χ2v) is 5.32. The van der Waals surface area contributed by atoms with Crippen LogP contribution in [0.5, 0.6) is 0 Å². The third-order valence-corrected chi connectivity index (χ3v) is 3.81. The number of ether oxygens (including phenoxy) is 1. The van der Waals surface area contributed by atoms with E-state index in [1.807, 2.05) is 0 Å². The van der Waals surface area contributed by atoms with Gasteiger partial charge in [-0.15, -0.1) is 0 Å². The molecule has 0 aliphatic carbocycles. The standard InChI is InChI=1S/C12H13NO4S/c1-3-17-12(15)7-5-4-6-8-9(7)10(18(2)16)11(14)13-8/h4-6,10H,3H2,1-2H3,(H,13,14). The van der Waals surface area contributed by atoms with Gasteiger partial charge in [-0.3, -0.25) is 9.00 Å². The molecular formula is C12H13NO4S. The van der Waals surface area contributed by atoms with Crippen molar-refractivity contribution < 1.29 is 18.5 Å². The molecule has 5 nitrogen and oxygen atoms in total. The Balaban J connectivity index is 2.53. The van der Waals surface area contributed by atoms with Gasteiger partial charge in [-0.25, -0.2) is 4.79 Å². The molecule has 96 valence electrons. The number of nitrogens with one attached hydrogen (secondary N) is 1. The minimum atomic E-state index is -1.38. The second kappa shape index (κ2) is 4.89. The molecule has 2 unspecified atom stereocenters. The molecule has 1 aliphatic heterocycles. The zero-order valence-corrected chi connectivity index (χ0v) is 10.9. The average molecular weight is 267 g/mol. The number of hydrogen-bond acceptors (Lipinski definition) is 4. The summed E-state index contributed by atoms with van der Waals surface area (Å²) in [5.74, 6) is -0.844. The lowest BCUT2D eigenvalue weighted by molar-refractivity contribution is -0.115. The number of fused-ring (bicyclic) bond motifs is 1. The maximum Gasteiger partial charge on any atom is 0.338 e. The highest BCUT2D eigenvalue weighted by molar-refractivity contribution is 7.85. The summed E-state index contributed by atoms with van der Waals surface area (Å²) in [5.41, 5.74) is 1.31. The van der Waals surface area contributed by atoms with Gasteiger partial charge in [0.25, 0.3) is 0 Å². The average Bonchev–Trinajstić information content (AvgIpc) is 2.64. The van der Waals surface area contributed by atoms with Gasteiger partial charge in [0.2, 0.25) is 5.91 Å². The summed E-state index contributed by atoms with van der Waals surface area (Å²) in [6.07, 6.45) is 1.45. The fourth-order valence-corrected chi connectivity index (χ4v) is 2.94. The molecule has 2 atom stereocenters. The van der Waals surface area contributed by atoms with Gasteiger partial charge in [0, 0.05) is 28.3 Å². The Kier molecular flexibility index (Phi) is 3.47. The molecule has 0 radical (unpaired) electrons. The summed E-state index contributed by atoms with van der Waals surface area (Å²) in [6.45, 7) is 1.96. The highest BCUT2D eigenvalue weighted by Crippen LogP contribution is 2.37. The second-order valence-electron chi connectivity index (χ2n) is 3.86. The van der Waals surface area contributed by atoms with Crippen molar-refractivity contribution in [1.29, 1.82) is 0 Å². The molecule has 0 saturated carbocycles. The smallest absolute Gasteiger partial charge is 0.338 e. The molecular weight excluding hydrogens is 254 g/mol. The molecule has 1 heterocycles. The predicted octanol–water partition coefficient (Wildman–Crippen LogP) is 1.23. The van der Waals surface area contributed by atoms with Gasteiger partial charge in [0.1, 0.15) is 5.25 Å². The molecule has 6 heteroatoms. The molecule has 1 N–H and O–H groups in total. The van der Waals surface area contributed by atoms with Crippen molar-refractivity contribution in [2.45, 2.75) is 12.2 Å². The van der Waals surface area contributed by atoms with Crippen LogP contribution < -0.4 is 5.32 Å². The van der Waals surface area contributed by atoms with Crippen LogP contribution in [0.3, 0.4) is 0 Å². The van der Waals surface area contributed by atoms with E-state index in [1.165, 1.54) is 6.26 Å². The maximum atomic E-state index is 11.8. The Hall–Kier alpha value is -1.69. The number of benzene rings is 1. The molecule has 0 aromatic heterocycles. The Morgan fingerprint density at radius 3 is 2.83 bits per heavy atom. The molecule has 18 heavy (non-hydrogen) atoms. The molecule has 2 rings (SSSR count). The summed E-state index contributed by atoms with van der Waals surface area (Å²) in [5, 5.41) is 1.82. The summed E-state index contributed by atoms with van der Waals surface area (Å²) in [6, 6.07) is 4.92. The largest absolute Gasteiger partial charge is 0.462 e. The Labute approximate surface area is 107 Å². The van der Waals surface area contributed by atoms with Crippen molar-refractivity contribution >= 4 is 28.4 Å². The van der Waals surface area contributed by atoms with Gasteiger partial charge in [0.15, 0.2) is 0 Å². The van der Waals surface area contributed by atoms with Gasteiger partial charge in [0.05, 0.1) is 12.2 Å². The fraction of sp³-hybridized carbons (Fsp3) is 0.333. The summed E-state index contributed by atoms with van der Waals surface area (Å²) in [4.78, 5) is 23.6. The first-order valence-electron chi connectivity index (χ1n) is 5.49. The SMILES string of the molecule is CCOC(=O)c1cccc2c1C(S(C)=O)C(=O)N2. The molecule has 1 aliphatic rings. The van der Waals surface area contributed by atoms with E-state index in [2.05, 4.69) is 5.32 Å². The van der Waals surface area contributed by atoms with Crippen LogP contribution in [0, 0.1) is 0 Å². The van der Waals surface area contributed by atoms with Crippen molar-refractivity contribution in [3.63, 3.8) is 0 Å². The molecule has 1 aromatic carbocycles. The first-order chi connectivity index (χ1) is 8.56. The van der Waals surface area contributed by atoms with E-state index in [9.17, 15) is 13.8 Å². The van der Waals surface area contributed by atoms with Gasteiger partial charge >= 0.3 is 5.97 Å². The quantitative estimate of drug-likeness (QED) is 0.836. The number of carbonyl (C=O) groups is 2. The summed E-state index contributed by atoms with van der Waals surface area (Å²) < 4.78 is 16.6. The zero-order valence-electron chi connectivity index (χ0n) is 10.1. The van der Waals surface area contributed by atoms with Crippen LogP contribution in [0.1, 0.15) is 28.1 Å². The van der Waals surface area contributed by atoms with Crippen molar-refractivity contribution in [1.82, 2.24) is 0 Å². The summed E-state index contributed by atoms with van der Waals surface area (Å²) >= 11 is 0. The van der Waals surface area contributed by atoms with Crippen molar-refractivity contribution in [2.24, 2.45) is 0 Å². The highest BCUT2D eigenvalue weighted by Gasteiger charge is 2.37. The highest BCUT2D eigenvalue weighted by atomic mass is 32.2. The number of carbonyl (C=O) groups excluding carboxylic acids is 2. The van der Waals surface area contributed by atoms with Gasteiger partial charge < -0.3 is 10.1 Å². The van der Waals surface area contributed by atoms with Crippen LogP contribution in [0.2, 0.25) is 0 Å². The monoisotopic (exact) mass is 267 g/mol. The predicted molar refractivity (Wildman–Crippen MR) is 67.8 cm³/mol. The van der Waals surface area contributed by atoms with Crippen molar-refractivity contribution in [2.75, 3.05) is 18.2 Å². The van der Waals surface area contributed by atoms with Gasteiger partial charge in [-0.2, -0.15) is 0 Å². The van der Waals surface area contributed by atoms with Gasteiger partial charge in [-0.05, 0) is 19.1 Å². The Morgan fingerprint density at radius 1 is 1.50 bits per heavy atom.